The highest BCUT2D eigenvalue weighted by Crippen LogP contribution is 2.31. The highest BCUT2D eigenvalue weighted by molar-refractivity contribution is 7.89. The van der Waals surface area contributed by atoms with Crippen LogP contribution >= 0.6 is 0 Å². The van der Waals surface area contributed by atoms with Gasteiger partial charge in [0.15, 0.2) is 4.90 Å². The first kappa shape index (κ1) is 13.9. The Kier molecular flexibility index (Phi) is 3.33. The van der Waals surface area contributed by atoms with E-state index in [4.69, 9.17) is 5.73 Å². The van der Waals surface area contributed by atoms with Crippen molar-refractivity contribution in [2.75, 3.05) is 13.1 Å². The normalized spacial score (nSPS) is 17.2. The van der Waals surface area contributed by atoms with Gasteiger partial charge in [-0.1, -0.05) is 0 Å². The summed E-state index contributed by atoms with van der Waals surface area (Å²) in [6.45, 7) is 3.83. The molecular weight excluding hydrogens is 270 g/mol. The van der Waals surface area contributed by atoms with Gasteiger partial charge in [0.1, 0.15) is 0 Å². The Bertz CT molecular complexity index is 636. The summed E-state index contributed by atoms with van der Waals surface area (Å²) in [5.74, 6) is 0. The molecule has 0 radical (unpaired) electrons. The molecule has 1 saturated heterocycles. The number of nitrogens with two attached hydrogens (primary N) is 1. The van der Waals surface area contributed by atoms with Crippen LogP contribution in [0.25, 0.3) is 0 Å². The molecule has 1 aliphatic heterocycles. The van der Waals surface area contributed by atoms with Crippen LogP contribution < -0.4 is 5.73 Å². The lowest BCUT2D eigenvalue weighted by Gasteiger charge is -2.35. The number of nitrogens with zero attached hydrogens (tertiary/aromatic N) is 2. The van der Waals surface area contributed by atoms with Crippen LogP contribution in [-0.4, -0.2) is 36.8 Å². The predicted octanol–water partition coefficient (Wildman–Crippen LogP) is 0.543. The molecule has 1 heterocycles. The molecule has 7 nitrogen and oxygen atoms in total. The van der Waals surface area contributed by atoms with Gasteiger partial charge in [0.05, 0.1) is 4.92 Å². The molecule has 1 aromatic carbocycles. The molecular formula is C11H15N3O4S. The first-order chi connectivity index (χ1) is 8.73. The van der Waals surface area contributed by atoms with E-state index < -0.39 is 14.9 Å². The van der Waals surface area contributed by atoms with Crippen molar-refractivity contribution in [2.24, 2.45) is 5.73 Å². The molecule has 1 aliphatic rings. The van der Waals surface area contributed by atoms with Crippen LogP contribution in [0.5, 0.6) is 0 Å². The summed E-state index contributed by atoms with van der Waals surface area (Å²) >= 11 is 0. The monoisotopic (exact) mass is 285 g/mol. The van der Waals surface area contributed by atoms with Crippen LogP contribution in [0.2, 0.25) is 0 Å². The lowest BCUT2D eigenvalue weighted by molar-refractivity contribution is -0.387. The van der Waals surface area contributed by atoms with Crippen molar-refractivity contribution in [3.05, 3.63) is 33.4 Å². The van der Waals surface area contributed by atoms with Crippen LogP contribution in [0.15, 0.2) is 17.0 Å². The lowest BCUT2D eigenvalue weighted by Crippen LogP contribution is -2.57. The summed E-state index contributed by atoms with van der Waals surface area (Å²) < 4.78 is 25.8. The Morgan fingerprint density at radius 2 is 1.84 bits per heavy atom. The predicted molar refractivity (Wildman–Crippen MR) is 69.3 cm³/mol. The molecule has 0 aliphatic carbocycles. The van der Waals surface area contributed by atoms with E-state index in [-0.39, 0.29) is 29.7 Å². The number of rotatable bonds is 3. The van der Waals surface area contributed by atoms with E-state index in [9.17, 15) is 18.5 Å². The molecule has 0 amide bonds. The number of nitro groups is 1. The first-order valence-corrected chi connectivity index (χ1v) is 7.19. The number of aryl methyl sites for hydroxylation is 2. The van der Waals surface area contributed by atoms with Gasteiger partial charge in [0.25, 0.3) is 5.69 Å². The topological polar surface area (TPSA) is 107 Å². The third-order valence-corrected chi connectivity index (χ3v) is 5.13. The molecule has 0 bridgehead atoms. The molecule has 8 heteroatoms. The second-order valence-electron chi connectivity index (χ2n) is 4.74. The fourth-order valence-electron chi connectivity index (χ4n) is 1.93. The van der Waals surface area contributed by atoms with Gasteiger partial charge in [-0.3, -0.25) is 10.1 Å². The quantitative estimate of drug-likeness (QED) is 0.644. The van der Waals surface area contributed by atoms with Crippen LogP contribution in [0.1, 0.15) is 11.1 Å². The maximum absolute atomic E-state index is 12.3. The fourth-order valence-corrected chi connectivity index (χ4v) is 3.71. The number of hydrogen-bond acceptors (Lipinski definition) is 5. The van der Waals surface area contributed by atoms with Crippen molar-refractivity contribution < 1.29 is 13.3 Å². The third-order valence-electron chi connectivity index (χ3n) is 3.27. The van der Waals surface area contributed by atoms with Gasteiger partial charge in [-0.2, -0.15) is 4.31 Å². The molecule has 0 aromatic heterocycles. The summed E-state index contributed by atoms with van der Waals surface area (Å²) in [6, 6.07) is 2.45. The molecule has 0 unspecified atom stereocenters. The molecule has 0 saturated carbocycles. The highest BCUT2D eigenvalue weighted by Gasteiger charge is 2.38. The smallest absolute Gasteiger partial charge is 0.289 e. The van der Waals surface area contributed by atoms with Gasteiger partial charge < -0.3 is 5.73 Å². The summed E-state index contributed by atoms with van der Waals surface area (Å²) in [6.07, 6.45) is 0. The maximum Gasteiger partial charge on any atom is 0.289 e. The van der Waals surface area contributed by atoms with E-state index in [2.05, 4.69) is 0 Å². The zero-order valence-corrected chi connectivity index (χ0v) is 11.5. The largest absolute Gasteiger partial charge is 0.325 e. The molecule has 1 aromatic rings. The van der Waals surface area contributed by atoms with Gasteiger partial charge in [0.2, 0.25) is 10.0 Å². The minimum absolute atomic E-state index is 0.194. The standard InChI is InChI=1S/C11H15N3O4S/c1-7-3-10(14(15)16)11(4-8(7)2)19(17,18)13-5-9(12)6-13/h3-4,9H,5-6,12H2,1-2H3. The van der Waals surface area contributed by atoms with Crippen molar-refractivity contribution in [2.45, 2.75) is 24.8 Å². The average molecular weight is 285 g/mol. The van der Waals surface area contributed by atoms with Crippen LogP contribution in [0.4, 0.5) is 5.69 Å². The maximum atomic E-state index is 12.3. The van der Waals surface area contributed by atoms with Gasteiger partial charge in [0, 0.05) is 25.2 Å². The zero-order valence-electron chi connectivity index (χ0n) is 10.7. The SMILES string of the molecule is Cc1cc([N+](=O)[O-])c(S(=O)(=O)N2CC(N)C2)cc1C. The lowest BCUT2D eigenvalue weighted by atomic mass is 10.1. The summed E-state index contributed by atoms with van der Waals surface area (Å²) in [7, 11) is -3.84. The number of nitro benzene ring substituents is 1. The number of sulfonamides is 1. The zero-order chi connectivity index (χ0) is 14.4. The minimum Gasteiger partial charge on any atom is -0.325 e. The Morgan fingerprint density at radius 3 is 2.32 bits per heavy atom. The van der Waals surface area contributed by atoms with Crippen molar-refractivity contribution in [3.63, 3.8) is 0 Å². The first-order valence-electron chi connectivity index (χ1n) is 5.75. The van der Waals surface area contributed by atoms with Crippen LogP contribution in [-0.2, 0) is 10.0 Å². The molecule has 19 heavy (non-hydrogen) atoms. The van der Waals surface area contributed by atoms with Gasteiger partial charge in [-0.25, -0.2) is 8.42 Å². The Morgan fingerprint density at radius 1 is 1.32 bits per heavy atom. The summed E-state index contributed by atoms with van der Waals surface area (Å²) in [5.41, 5.74) is 6.56. The Hall–Kier alpha value is -1.51. The number of benzene rings is 1. The average Bonchev–Trinajstić information content (AvgIpc) is 2.27. The second-order valence-corrected chi connectivity index (χ2v) is 6.65. The van der Waals surface area contributed by atoms with Gasteiger partial charge >= 0.3 is 0 Å². The van der Waals surface area contributed by atoms with Gasteiger partial charge in [-0.15, -0.1) is 0 Å². The minimum atomic E-state index is -3.84. The summed E-state index contributed by atoms with van der Waals surface area (Å²) in [5, 5.41) is 11.0. The van der Waals surface area contributed by atoms with E-state index in [1.165, 1.54) is 12.1 Å². The van der Waals surface area contributed by atoms with Crippen LogP contribution in [0, 0.1) is 24.0 Å². The number of hydrogen-bond donors (Lipinski definition) is 1. The molecule has 2 N–H and O–H groups in total. The van der Waals surface area contributed by atoms with Crippen molar-refractivity contribution >= 4 is 15.7 Å². The van der Waals surface area contributed by atoms with Gasteiger partial charge in [-0.05, 0) is 31.0 Å². The second kappa shape index (κ2) is 4.55. The third kappa shape index (κ3) is 2.34. The van der Waals surface area contributed by atoms with Crippen molar-refractivity contribution in [3.8, 4) is 0 Å². The fraction of sp³-hybridized carbons (Fsp3) is 0.455. The molecule has 104 valence electrons. The Balaban J connectivity index is 2.55. The molecule has 0 spiro atoms. The van der Waals surface area contributed by atoms with E-state index in [1.807, 2.05) is 0 Å². The van der Waals surface area contributed by atoms with E-state index in [1.54, 1.807) is 13.8 Å². The van der Waals surface area contributed by atoms with E-state index in [0.717, 1.165) is 4.31 Å². The summed E-state index contributed by atoms with van der Waals surface area (Å²) in [4.78, 5) is 10.1. The van der Waals surface area contributed by atoms with E-state index in [0.29, 0.717) is 11.1 Å². The molecule has 0 atom stereocenters. The Labute approximate surface area is 111 Å². The molecule has 2 rings (SSSR count). The van der Waals surface area contributed by atoms with Crippen molar-refractivity contribution in [1.29, 1.82) is 0 Å². The molecule has 1 fully saturated rings. The van der Waals surface area contributed by atoms with Crippen molar-refractivity contribution in [1.82, 2.24) is 4.31 Å². The highest BCUT2D eigenvalue weighted by atomic mass is 32.2. The van der Waals surface area contributed by atoms with E-state index >= 15 is 0 Å². The van der Waals surface area contributed by atoms with Crippen LogP contribution in [0.3, 0.4) is 0 Å².